The molecule has 0 unspecified atom stereocenters. The zero-order chi connectivity index (χ0) is 40.7. The highest BCUT2D eigenvalue weighted by Gasteiger charge is 2.40. The van der Waals surface area contributed by atoms with Crippen molar-refractivity contribution < 1.29 is 23.9 Å². The second-order valence-corrected chi connectivity index (χ2v) is 15.2. The molecular formula is C44H55N7O5. The Morgan fingerprint density at radius 2 is 1.68 bits per heavy atom. The van der Waals surface area contributed by atoms with Gasteiger partial charge in [0, 0.05) is 56.7 Å². The van der Waals surface area contributed by atoms with Crippen LogP contribution in [0.3, 0.4) is 0 Å². The van der Waals surface area contributed by atoms with Gasteiger partial charge in [-0.2, -0.15) is 0 Å². The molecule has 4 rings (SSSR count). The maximum Gasteiger partial charge on any atom is 0.410 e. The smallest absolute Gasteiger partial charge is 0.410 e. The fraction of sp³-hybridized carbons (Fsp3) is 0.409. The molecule has 0 saturated carbocycles. The van der Waals surface area contributed by atoms with E-state index in [9.17, 15) is 19.2 Å². The molecule has 1 aliphatic rings. The maximum absolute atomic E-state index is 14.6. The Morgan fingerprint density at radius 1 is 0.982 bits per heavy atom. The third-order valence-corrected chi connectivity index (χ3v) is 9.54. The van der Waals surface area contributed by atoms with E-state index in [-0.39, 0.29) is 50.4 Å². The minimum atomic E-state index is -0.723. The number of hydrogen-bond acceptors (Lipinski definition) is 8. The van der Waals surface area contributed by atoms with Crippen LogP contribution in [0.5, 0.6) is 0 Å². The second-order valence-electron chi connectivity index (χ2n) is 15.2. The molecule has 0 radical (unpaired) electrons. The SMILES string of the molecule is C#C/C=C\C=N/CNC(=O)Cc1cc(NC(=O)CN(Cc2ccccc2CN(C)C(=O)OC(C)(C)C)C(=O)C2(C)CCN(c3ccccn3)CC2)ccc1CC. The molecular weight excluding hydrogens is 707 g/mol. The van der Waals surface area contributed by atoms with Crippen LogP contribution >= 0.6 is 0 Å². The lowest BCUT2D eigenvalue weighted by atomic mass is 9.78. The van der Waals surface area contributed by atoms with Gasteiger partial charge in [0.1, 0.15) is 24.6 Å². The normalized spacial score (nSPS) is 13.9. The van der Waals surface area contributed by atoms with E-state index >= 15 is 0 Å². The average Bonchev–Trinajstić information content (AvgIpc) is 3.16. The molecule has 0 aliphatic carbocycles. The number of anilines is 2. The van der Waals surface area contributed by atoms with Gasteiger partial charge in [-0.1, -0.05) is 56.2 Å². The van der Waals surface area contributed by atoms with E-state index in [0.29, 0.717) is 38.0 Å². The van der Waals surface area contributed by atoms with E-state index < -0.39 is 17.1 Å². The summed E-state index contributed by atoms with van der Waals surface area (Å²) >= 11 is 0. The Bertz CT molecular complexity index is 1920. The van der Waals surface area contributed by atoms with Gasteiger partial charge in [0.25, 0.3) is 0 Å². The molecule has 296 valence electrons. The zero-order valence-corrected chi connectivity index (χ0v) is 33.5. The lowest BCUT2D eigenvalue weighted by Gasteiger charge is -2.41. The molecule has 1 aromatic heterocycles. The Labute approximate surface area is 331 Å². The molecule has 1 aliphatic heterocycles. The quantitative estimate of drug-likeness (QED) is 0.140. The van der Waals surface area contributed by atoms with Crippen LogP contribution in [0, 0.1) is 17.8 Å². The van der Waals surface area contributed by atoms with Gasteiger partial charge < -0.3 is 30.1 Å². The highest BCUT2D eigenvalue weighted by molar-refractivity contribution is 5.95. The predicted octanol–water partition coefficient (Wildman–Crippen LogP) is 6.16. The van der Waals surface area contributed by atoms with E-state index in [4.69, 9.17) is 11.2 Å². The van der Waals surface area contributed by atoms with Gasteiger partial charge in [0.15, 0.2) is 0 Å². The number of nitrogens with one attached hydrogen (secondary N) is 2. The standard InChI is InChI=1S/C44H55N7O5/c1-8-10-14-23-45-32-47-39(52)28-36-27-37(20-19-33(36)9-2)48-40(53)31-51(41(54)44(6)21-25-50(26-22-44)38-18-13-15-24-46-38)30-35-17-12-11-16-34(35)29-49(7)42(55)56-43(3,4)5/h1,10-20,23-24,27H,9,21-22,25-26,28-32H2,2-7H3,(H,47,52)(H,48,53)/b14-10-,45-23-. The number of allylic oxidation sites excluding steroid dienone is 2. The summed E-state index contributed by atoms with van der Waals surface area (Å²) in [6, 6.07) is 18.9. The van der Waals surface area contributed by atoms with Crippen molar-refractivity contribution in [1.82, 2.24) is 20.1 Å². The number of hydrogen-bond donors (Lipinski definition) is 2. The van der Waals surface area contributed by atoms with E-state index in [1.54, 1.807) is 30.3 Å². The number of carbonyl (C=O) groups excluding carboxylic acids is 4. The van der Waals surface area contributed by atoms with Crippen molar-refractivity contribution in [2.24, 2.45) is 10.4 Å². The van der Waals surface area contributed by atoms with Crippen LogP contribution in [0.25, 0.3) is 0 Å². The van der Waals surface area contributed by atoms with Crippen LogP contribution in [-0.2, 0) is 45.1 Å². The molecule has 12 nitrogen and oxygen atoms in total. The van der Waals surface area contributed by atoms with Gasteiger partial charge in [-0.05, 0) is 98.7 Å². The number of ether oxygens (including phenoxy) is 1. The number of rotatable bonds is 15. The van der Waals surface area contributed by atoms with Gasteiger partial charge in [-0.3, -0.25) is 19.4 Å². The summed E-state index contributed by atoms with van der Waals surface area (Å²) in [5, 5.41) is 5.75. The molecule has 56 heavy (non-hydrogen) atoms. The summed E-state index contributed by atoms with van der Waals surface area (Å²) in [4.78, 5) is 68.0. The average molecular weight is 762 g/mol. The topological polar surface area (TPSA) is 137 Å². The second kappa shape index (κ2) is 20.1. The van der Waals surface area contributed by atoms with Crippen LogP contribution in [0.4, 0.5) is 16.3 Å². The number of aryl methyl sites for hydroxylation is 1. The maximum atomic E-state index is 14.6. The van der Waals surface area contributed by atoms with Crippen molar-refractivity contribution in [3.63, 3.8) is 0 Å². The lowest BCUT2D eigenvalue weighted by molar-refractivity contribution is -0.145. The van der Waals surface area contributed by atoms with E-state index in [1.165, 1.54) is 17.2 Å². The Balaban J connectivity index is 1.54. The van der Waals surface area contributed by atoms with Crippen LogP contribution in [-0.4, -0.2) is 83.8 Å². The predicted molar refractivity (Wildman–Crippen MR) is 221 cm³/mol. The first kappa shape index (κ1) is 42.8. The Morgan fingerprint density at radius 3 is 2.32 bits per heavy atom. The summed E-state index contributed by atoms with van der Waals surface area (Å²) in [6.45, 7) is 11.0. The number of terminal acetylenes is 1. The van der Waals surface area contributed by atoms with Crippen molar-refractivity contribution >= 4 is 41.5 Å². The van der Waals surface area contributed by atoms with Gasteiger partial charge in [0.2, 0.25) is 17.7 Å². The molecule has 3 aromatic rings. The molecule has 0 spiro atoms. The van der Waals surface area contributed by atoms with Crippen molar-refractivity contribution in [1.29, 1.82) is 0 Å². The molecule has 12 heteroatoms. The fourth-order valence-electron chi connectivity index (χ4n) is 6.47. The van der Waals surface area contributed by atoms with E-state index in [2.05, 4.69) is 31.4 Å². The first-order chi connectivity index (χ1) is 26.7. The van der Waals surface area contributed by atoms with Crippen molar-refractivity contribution in [3.05, 3.63) is 101 Å². The monoisotopic (exact) mass is 761 g/mol. The number of amides is 4. The number of nitrogens with zero attached hydrogens (tertiary/aromatic N) is 5. The van der Waals surface area contributed by atoms with Crippen molar-refractivity contribution in [3.8, 4) is 12.3 Å². The number of pyridine rings is 1. The summed E-state index contributed by atoms with van der Waals surface area (Å²) < 4.78 is 5.58. The van der Waals surface area contributed by atoms with Crippen LogP contribution in [0.15, 0.2) is 84.0 Å². The summed E-state index contributed by atoms with van der Waals surface area (Å²) in [6.07, 6.45) is 13.1. The van der Waals surface area contributed by atoms with Crippen LogP contribution in [0.1, 0.15) is 69.7 Å². The first-order valence-electron chi connectivity index (χ1n) is 19.0. The van der Waals surface area contributed by atoms with E-state index in [0.717, 1.165) is 28.1 Å². The Hall–Kier alpha value is -5.96. The minimum absolute atomic E-state index is 0.107. The van der Waals surface area contributed by atoms with Crippen molar-refractivity contribution in [2.45, 2.75) is 79.0 Å². The number of carbonyl (C=O) groups is 4. The molecule has 4 amide bonds. The number of aromatic nitrogens is 1. The molecule has 0 bridgehead atoms. The third-order valence-electron chi connectivity index (χ3n) is 9.54. The number of benzene rings is 2. The molecule has 2 N–H and O–H groups in total. The van der Waals surface area contributed by atoms with Crippen LogP contribution < -0.4 is 15.5 Å². The molecule has 1 fully saturated rings. The van der Waals surface area contributed by atoms with Crippen molar-refractivity contribution in [2.75, 3.05) is 43.6 Å². The summed E-state index contributed by atoms with van der Waals surface area (Å²) in [5.41, 5.74) is 2.56. The Kier molecular flexibility index (Phi) is 15.4. The molecule has 1 saturated heterocycles. The highest BCUT2D eigenvalue weighted by atomic mass is 16.6. The zero-order valence-electron chi connectivity index (χ0n) is 33.5. The van der Waals surface area contributed by atoms with Gasteiger partial charge in [-0.15, -0.1) is 6.42 Å². The van der Waals surface area contributed by atoms with Gasteiger partial charge in [0.05, 0.1) is 6.42 Å². The largest absolute Gasteiger partial charge is 0.444 e. The molecule has 2 aromatic carbocycles. The fourth-order valence-corrected chi connectivity index (χ4v) is 6.47. The third kappa shape index (κ3) is 12.8. The molecule has 0 atom stereocenters. The summed E-state index contributed by atoms with van der Waals surface area (Å²) in [5.74, 6) is 2.53. The van der Waals surface area contributed by atoms with E-state index in [1.807, 2.05) is 89.2 Å². The minimum Gasteiger partial charge on any atom is -0.444 e. The van der Waals surface area contributed by atoms with Gasteiger partial charge in [-0.25, -0.2) is 9.78 Å². The van der Waals surface area contributed by atoms with Gasteiger partial charge >= 0.3 is 6.09 Å². The molecule has 2 heterocycles. The number of piperidine rings is 1. The lowest BCUT2D eigenvalue weighted by Crippen LogP contribution is -2.50. The highest BCUT2D eigenvalue weighted by Crippen LogP contribution is 2.35. The summed E-state index contributed by atoms with van der Waals surface area (Å²) in [7, 11) is 1.67. The number of aliphatic imine (C=N–C) groups is 1. The van der Waals surface area contributed by atoms with Crippen LogP contribution in [0.2, 0.25) is 0 Å². The first-order valence-corrected chi connectivity index (χ1v) is 19.0.